The van der Waals surface area contributed by atoms with Crippen LogP contribution in [0.1, 0.15) is 17.5 Å². The molecule has 0 unspecified atom stereocenters. The lowest BCUT2D eigenvalue weighted by Gasteiger charge is -2.11. The minimum atomic E-state index is 0.278. The van der Waals surface area contributed by atoms with Crippen molar-refractivity contribution in [2.75, 3.05) is 18.7 Å². The molecule has 0 aromatic heterocycles. The van der Waals surface area contributed by atoms with Gasteiger partial charge in [0.15, 0.2) is 16.6 Å². The minimum absolute atomic E-state index is 0.278. The molecule has 4 nitrogen and oxygen atoms in total. The summed E-state index contributed by atoms with van der Waals surface area (Å²) in [6.07, 6.45) is 2.08. The molecule has 2 aromatic rings. The maximum absolute atomic E-state index is 5.35. The average Bonchev–Trinajstić information content (AvgIpc) is 2.99. The van der Waals surface area contributed by atoms with Gasteiger partial charge in [-0.2, -0.15) is 0 Å². The zero-order valence-electron chi connectivity index (χ0n) is 13.1. The van der Waals surface area contributed by atoms with Crippen LogP contribution in [0.4, 0.5) is 5.69 Å². The van der Waals surface area contributed by atoms with E-state index < -0.39 is 0 Å². The predicted molar refractivity (Wildman–Crippen MR) is 96.3 cm³/mol. The Balaban J connectivity index is 1.41. The van der Waals surface area contributed by atoms with E-state index in [2.05, 4.69) is 41.8 Å². The molecule has 3 rings (SSSR count). The van der Waals surface area contributed by atoms with Gasteiger partial charge in [-0.05, 0) is 49.7 Å². The van der Waals surface area contributed by atoms with Gasteiger partial charge in [-0.15, -0.1) is 0 Å². The number of anilines is 1. The van der Waals surface area contributed by atoms with Crippen LogP contribution in [-0.2, 0) is 6.42 Å². The fraction of sp³-hybridized carbons (Fsp3) is 0.278. The van der Waals surface area contributed by atoms with E-state index in [0.29, 0.717) is 5.11 Å². The topological polar surface area (TPSA) is 42.5 Å². The van der Waals surface area contributed by atoms with Crippen molar-refractivity contribution in [3.63, 3.8) is 0 Å². The number of benzene rings is 2. The van der Waals surface area contributed by atoms with E-state index in [0.717, 1.165) is 36.6 Å². The highest BCUT2D eigenvalue weighted by molar-refractivity contribution is 7.80. The number of rotatable bonds is 5. The van der Waals surface area contributed by atoms with E-state index >= 15 is 0 Å². The van der Waals surface area contributed by atoms with Crippen LogP contribution >= 0.6 is 12.2 Å². The van der Waals surface area contributed by atoms with Crippen LogP contribution in [0.5, 0.6) is 11.5 Å². The molecule has 1 aliphatic heterocycles. The third-order valence-corrected chi connectivity index (χ3v) is 3.89. The molecule has 23 heavy (non-hydrogen) atoms. The Kier molecular flexibility index (Phi) is 4.98. The number of fused-ring (bicyclic) bond motifs is 1. The maximum Gasteiger partial charge on any atom is 0.231 e. The van der Waals surface area contributed by atoms with Crippen LogP contribution in [0.3, 0.4) is 0 Å². The largest absolute Gasteiger partial charge is 0.454 e. The first-order chi connectivity index (χ1) is 11.2. The summed E-state index contributed by atoms with van der Waals surface area (Å²) >= 11 is 5.32. The van der Waals surface area contributed by atoms with Crippen molar-refractivity contribution < 1.29 is 9.47 Å². The summed E-state index contributed by atoms with van der Waals surface area (Å²) in [7, 11) is 0. The van der Waals surface area contributed by atoms with E-state index in [-0.39, 0.29) is 6.79 Å². The SMILES string of the molecule is Cc1cccc(CCCNC(=S)Nc2ccc3c(c2)OCO3)c1. The summed E-state index contributed by atoms with van der Waals surface area (Å²) < 4.78 is 10.6. The monoisotopic (exact) mass is 328 g/mol. The Morgan fingerprint density at radius 1 is 1.13 bits per heavy atom. The van der Waals surface area contributed by atoms with Crippen molar-refractivity contribution in [2.45, 2.75) is 19.8 Å². The van der Waals surface area contributed by atoms with Gasteiger partial charge in [-0.25, -0.2) is 0 Å². The summed E-state index contributed by atoms with van der Waals surface area (Å²) in [5.41, 5.74) is 3.56. The summed E-state index contributed by atoms with van der Waals surface area (Å²) in [6, 6.07) is 14.3. The van der Waals surface area contributed by atoms with Crippen LogP contribution in [0.2, 0.25) is 0 Å². The number of hydrogen-bond donors (Lipinski definition) is 2. The smallest absolute Gasteiger partial charge is 0.231 e. The van der Waals surface area contributed by atoms with Gasteiger partial charge in [-0.1, -0.05) is 29.8 Å². The normalized spacial score (nSPS) is 12.0. The Morgan fingerprint density at radius 3 is 2.87 bits per heavy atom. The molecule has 2 aromatic carbocycles. The van der Waals surface area contributed by atoms with Gasteiger partial charge in [0.05, 0.1) is 0 Å². The van der Waals surface area contributed by atoms with Gasteiger partial charge in [-0.3, -0.25) is 0 Å². The number of hydrogen-bond acceptors (Lipinski definition) is 3. The summed E-state index contributed by atoms with van der Waals surface area (Å²) in [4.78, 5) is 0. The molecule has 0 amide bonds. The number of ether oxygens (including phenoxy) is 2. The third-order valence-electron chi connectivity index (χ3n) is 3.64. The van der Waals surface area contributed by atoms with Gasteiger partial charge < -0.3 is 20.1 Å². The highest BCUT2D eigenvalue weighted by atomic mass is 32.1. The van der Waals surface area contributed by atoms with Crippen molar-refractivity contribution in [3.8, 4) is 11.5 Å². The van der Waals surface area contributed by atoms with Crippen LogP contribution in [0, 0.1) is 6.92 Å². The summed E-state index contributed by atoms with van der Waals surface area (Å²) in [5.74, 6) is 1.52. The molecule has 5 heteroatoms. The molecule has 0 saturated carbocycles. The zero-order chi connectivity index (χ0) is 16.1. The molecule has 0 spiro atoms. The van der Waals surface area contributed by atoms with Crippen molar-refractivity contribution in [2.24, 2.45) is 0 Å². The Hall–Kier alpha value is -2.27. The fourth-order valence-electron chi connectivity index (χ4n) is 2.51. The number of nitrogens with one attached hydrogen (secondary N) is 2. The Bertz CT molecular complexity index is 703. The van der Waals surface area contributed by atoms with Crippen molar-refractivity contribution in [1.82, 2.24) is 5.32 Å². The van der Waals surface area contributed by atoms with E-state index in [9.17, 15) is 0 Å². The van der Waals surface area contributed by atoms with Gasteiger partial charge in [0.1, 0.15) is 0 Å². The lowest BCUT2D eigenvalue weighted by atomic mass is 10.1. The van der Waals surface area contributed by atoms with E-state index in [1.54, 1.807) is 0 Å². The fourth-order valence-corrected chi connectivity index (χ4v) is 2.73. The average molecular weight is 328 g/mol. The molecule has 1 heterocycles. The highest BCUT2D eigenvalue weighted by Crippen LogP contribution is 2.34. The zero-order valence-corrected chi connectivity index (χ0v) is 13.9. The van der Waals surface area contributed by atoms with Crippen LogP contribution in [0.15, 0.2) is 42.5 Å². The van der Waals surface area contributed by atoms with E-state index in [4.69, 9.17) is 21.7 Å². The summed E-state index contributed by atoms with van der Waals surface area (Å²) in [5, 5.41) is 7.01. The number of thiocarbonyl (C=S) groups is 1. The number of aryl methyl sites for hydroxylation is 2. The Morgan fingerprint density at radius 2 is 2.00 bits per heavy atom. The van der Waals surface area contributed by atoms with Crippen molar-refractivity contribution in [3.05, 3.63) is 53.6 Å². The first-order valence-electron chi connectivity index (χ1n) is 7.71. The second-order valence-electron chi connectivity index (χ2n) is 5.54. The van der Waals surface area contributed by atoms with Gasteiger partial charge >= 0.3 is 0 Å². The molecular formula is C18H20N2O2S. The van der Waals surface area contributed by atoms with E-state index in [1.165, 1.54) is 11.1 Å². The lowest BCUT2D eigenvalue weighted by molar-refractivity contribution is 0.174. The second kappa shape index (κ2) is 7.33. The summed E-state index contributed by atoms with van der Waals surface area (Å²) in [6.45, 7) is 3.23. The molecule has 0 aliphatic carbocycles. The first-order valence-corrected chi connectivity index (χ1v) is 8.11. The lowest BCUT2D eigenvalue weighted by Crippen LogP contribution is -2.29. The van der Waals surface area contributed by atoms with Crippen LogP contribution in [0.25, 0.3) is 0 Å². The molecule has 0 fully saturated rings. The second-order valence-corrected chi connectivity index (χ2v) is 5.95. The standard InChI is InChI=1S/C18H20N2O2S/c1-13-4-2-5-14(10-13)6-3-9-19-18(23)20-15-7-8-16-17(11-15)22-12-21-16/h2,4-5,7-8,10-11H,3,6,9,12H2,1H3,(H2,19,20,23). The molecule has 2 N–H and O–H groups in total. The quantitative estimate of drug-likeness (QED) is 0.648. The molecular weight excluding hydrogens is 308 g/mol. The molecule has 0 atom stereocenters. The molecule has 0 saturated heterocycles. The third kappa shape index (κ3) is 4.36. The van der Waals surface area contributed by atoms with Crippen molar-refractivity contribution >= 4 is 23.0 Å². The molecule has 0 radical (unpaired) electrons. The highest BCUT2D eigenvalue weighted by Gasteiger charge is 2.13. The maximum atomic E-state index is 5.35. The van der Waals surface area contributed by atoms with Gasteiger partial charge in [0.25, 0.3) is 0 Å². The Labute approximate surface area is 141 Å². The van der Waals surface area contributed by atoms with Crippen LogP contribution in [-0.4, -0.2) is 18.5 Å². The van der Waals surface area contributed by atoms with Gasteiger partial charge in [0, 0.05) is 18.3 Å². The first kappa shape index (κ1) is 15.6. The molecule has 120 valence electrons. The molecule has 1 aliphatic rings. The van der Waals surface area contributed by atoms with E-state index in [1.807, 2.05) is 18.2 Å². The van der Waals surface area contributed by atoms with Crippen LogP contribution < -0.4 is 20.1 Å². The van der Waals surface area contributed by atoms with Gasteiger partial charge in [0.2, 0.25) is 6.79 Å². The predicted octanol–water partition coefficient (Wildman–Crippen LogP) is 3.64. The molecule has 0 bridgehead atoms. The minimum Gasteiger partial charge on any atom is -0.454 e. The van der Waals surface area contributed by atoms with Crippen molar-refractivity contribution in [1.29, 1.82) is 0 Å².